The summed E-state index contributed by atoms with van der Waals surface area (Å²) in [7, 11) is 1.29. The van der Waals surface area contributed by atoms with Gasteiger partial charge in [-0.2, -0.15) is 0 Å². The zero-order valence-electron chi connectivity index (χ0n) is 15.3. The lowest BCUT2D eigenvalue weighted by atomic mass is 9.93. The number of ether oxygens (including phenoxy) is 3. The van der Waals surface area contributed by atoms with Gasteiger partial charge in [-0.25, -0.2) is 13.6 Å². The molecule has 2 aliphatic rings. The normalized spacial score (nSPS) is 19.6. The van der Waals surface area contributed by atoms with Gasteiger partial charge in [-0.3, -0.25) is 4.79 Å². The van der Waals surface area contributed by atoms with Gasteiger partial charge in [0.05, 0.1) is 7.11 Å². The number of rotatable bonds is 4. The maximum absolute atomic E-state index is 14.4. The van der Waals surface area contributed by atoms with Crippen LogP contribution >= 0.6 is 0 Å². The van der Waals surface area contributed by atoms with E-state index in [-0.39, 0.29) is 24.7 Å². The third-order valence-corrected chi connectivity index (χ3v) is 4.76. The second kappa shape index (κ2) is 7.46. The summed E-state index contributed by atoms with van der Waals surface area (Å²) in [5.41, 5.74) is 0.112. The van der Waals surface area contributed by atoms with Crippen LogP contribution < -0.4 is 30.2 Å². The fourth-order valence-corrected chi connectivity index (χ4v) is 3.37. The molecule has 0 saturated carbocycles. The monoisotopic (exact) mass is 405 g/mol. The number of hydrogen-bond donors (Lipinski definition) is 3. The van der Waals surface area contributed by atoms with Crippen molar-refractivity contribution in [3.8, 4) is 17.2 Å². The molecule has 2 heterocycles. The van der Waals surface area contributed by atoms with Crippen LogP contribution in [0.25, 0.3) is 0 Å². The van der Waals surface area contributed by atoms with E-state index in [9.17, 15) is 18.4 Å². The molecule has 3 amide bonds. The first-order valence-electron chi connectivity index (χ1n) is 8.74. The molecule has 0 unspecified atom stereocenters. The molecule has 0 aromatic heterocycles. The molecule has 152 valence electrons. The standard InChI is InChI=1S/C19H17F2N3O5/c1-27-10-5-12(20)16(13(21)6-10)11-7-22-18(25)17(11)24-19(26)23-9-2-3-14-15(4-9)29-8-28-14/h2-6,11,17H,7-8H2,1H3,(H,22,25)(H2,23,24,26)/t11-,17-/m0/s1. The summed E-state index contributed by atoms with van der Waals surface area (Å²) in [4.78, 5) is 24.6. The molecule has 2 aliphatic heterocycles. The Bertz CT molecular complexity index is 961. The Balaban J connectivity index is 1.51. The highest BCUT2D eigenvalue weighted by Gasteiger charge is 2.40. The lowest BCUT2D eigenvalue weighted by molar-refractivity contribution is -0.120. The number of anilines is 1. The van der Waals surface area contributed by atoms with Crippen molar-refractivity contribution in [2.75, 3.05) is 25.8 Å². The second-order valence-electron chi connectivity index (χ2n) is 6.50. The van der Waals surface area contributed by atoms with Crippen molar-refractivity contribution in [2.24, 2.45) is 0 Å². The number of methoxy groups -OCH3 is 1. The Morgan fingerprint density at radius 3 is 2.62 bits per heavy atom. The molecule has 1 saturated heterocycles. The molecule has 1 fully saturated rings. The van der Waals surface area contributed by atoms with Crippen LogP contribution in [0.3, 0.4) is 0 Å². The first-order valence-corrected chi connectivity index (χ1v) is 8.74. The number of halogens is 2. The number of urea groups is 1. The molecular formula is C19H17F2N3O5. The summed E-state index contributed by atoms with van der Waals surface area (Å²) >= 11 is 0. The summed E-state index contributed by atoms with van der Waals surface area (Å²) in [6.45, 7) is 0.0713. The summed E-state index contributed by atoms with van der Waals surface area (Å²) in [6.07, 6.45) is 0. The number of carbonyl (C=O) groups excluding carboxylic acids is 2. The van der Waals surface area contributed by atoms with E-state index in [1.165, 1.54) is 7.11 Å². The van der Waals surface area contributed by atoms with Gasteiger partial charge in [0.15, 0.2) is 11.5 Å². The minimum atomic E-state index is -1.15. The Labute approximate surface area is 164 Å². The average molecular weight is 405 g/mol. The first-order chi connectivity index (χ1) is 14.0. The van der Waals surface area contributed by atoms with E-state index >= 15 is 0 Å². The van der Waals surface area contributed by atoms with Crippen LogP contribution in [0.5, 0.6) is 17.2 Å². The first kappa shape index (κ1) is 18.8. The quantitative estimate of drug-likeness (QED) is 0.724. The van der Waals surface area contributed by atoms with E-state index in [0.29, 0.717) is 17.2 Å². The number of nitrogens with one attached hydrogen (secondary N) is 3. The SMILES string of the molecule is COc1cc(F)c([C@@H]2CNC(=O)[C@H]2NC(=O)Nc2ccc3c(c2)OCO3)c(F)c1. The largest absolute Gasteiger partial charge is 0.497 e. The Kier molecular flexibility index (Phi) is 4.83. The van der Waals surface area contributed by atoms with Crippen LogP contribution in [0, 0.1) is 11.6 Å². The predicted molar refractivity (Wildman–Crippen MR) is 97.2 cm³/mol. The second-order valence-corrected chi connectivity index (χ2v) is 6.50. The molecule has 29 heavy (non-hydrogen) atoms. The number of fused-ring (bicyclic) bond motifs is 1. The zero-order valence-corrected chi connectivity index (χ0v) is 15.3. The van der Waals surface area contributed by atoms with Crippen molar-refractivity contribution in [3.05, 3.63) is 47.5 Å². The third-order valence-electron chi connectivity index (χ3n) is 4.76. The van der Waals surface area contributed by atoms with E-state index in [1.807, 2.05) is 0 Å². The fourth-order valence-electron chi connectivity index (χ4n) is 3.37. The molecular weight excluding hydrogens is 388 g/mol. The molecule has 2 atom stereocenters. The van der Waals surface area contributed by atoms with Gasteiger partial charge in [0, 0.05) is 41.9 Å². The maximum atomic E-state index is 14.4. The van der Waals surface area contributed by atoms with Gasteiger partial charge >= 0.3 is 6.03 Å². The maximum Gasteiger partial charge on any atom is 0.319 e. The van der Waals surface area contributed by atoms with Gasteiger partial charge in [-0.05, 0) is 12.1 Å². The summed E-state index contributed by atoms with van der Waals surface area (Å²) in [5.74, 6) is -2.12. The van der Waals surface area contributed by atoms with Crippen LogP contribution in [-0.2, 0) is 4.79 Å². The van der Waals surface area contributed by atoms with Crippen molar-refractivity contribution in [1.29, 1.82) is 0 Å². The summed E-state index contributed by atoms with van der Waals surface area (Å²) < 4.78 is 44.2. The van der Waals surface area contributed by atoms with E-state index in [1.54, 1.807) is 18.2 Å². The van der Waals surface area contributed by atoms with Crippen LogP contribution in [0.2, 0.25) is 0 Å². The van der Waals surface area contributed by atoms with Crippen LogP contribution in [0.4, 0.5) is 19.3 Å². The van der Waals surface area contributed by atoms with Crippen molar-refractivity contribution >= 4 is 17.6 Å². The highest BCUT2D eigenvalue weighted by atomic mass is 19.1. The van der Waals surface area contributed by atoms with Gasteiger partial charge in [0.2, 0.25) is 12.7 Å². The van der Waals surface area contributed by atoms with Crippen molar-refractivity contribution in [2.45, 2.75) is 12.0 Å². The lowest BCUT2D eigenvalue weighted by Crippen LogP contribution is -2.45. The number of carbonyl (C=O) groups is 2. The fraction of sp³-hybridized carbons (Fsp3) is 0.263. The molecule has 0 radical (unpaired) electrons. The van der Waals surface area contributed by atoms with E-state index in [0.717, 1.165) is 12.1 Å². The molecule has 0 spiro atoms. The van der Waals surface area contributed by atoms with E-state index < -0.39 is 35.5 Å². The topological polar surface area (TPSA) is 97.9 Å². The van der Waals surface area contributed by atoms with Gasteiger partial charge in [0.25, 0.3) is 0 Å². The number of amides is 3. The molecule has 4 rings (SSSR count). The summed E-state index contributed by atoms with van der Waals surface area (Å²) in [5, 5.41) is 7.57. The molecule has 3 N–H and O–H groups in total. The van der Waals surface area contributed by atoms with Crippen molar-refractivity contribution in [3.63, 3.8) is 0 Å². The third kappa shape index (κ3) is 3.60. The number of hydrogen-bond acceptors (Lipinski definition) is 5. The van der Waals surface area contributed by atoms with Crippen molar-refractivity contribution in [1.82, 2.24) is 10.6 Å². The lowest BCUT2D eigenvalue weighted by Gasteiger charge is -2.20. The Hall–Kier alpha value is -3.56. The van der Waals surface area contributed by atoms with Gasteiger partial charge < -0.3 is 30.2 Å². The van der Waals surface area contributed by atoms with Crippen LogP contribution in [-0.4, -0.2) is 38.4 Å². The van der Waals surface area contributed by atoms with Gasteiger partial charge in [-0.15, -0.1) is 0 Å². The van der Waals surface area contributed by atoms with E-state index in [2.05, 4.69) is 16.0 Å². The highest BCUT2D eigenvalue weighted by Crippen LogP contribution is 2.34. The molecule has 8 nitrogen and oxygen atoms in total. The Morgan fingerprint density at radius 2 is 1.90 bits per heavy atom. The van der Waals surface area contributed by atoms with Crippen LogP contribution in [0.1, 0.15) is 11.5 Å². The van der Waals surface area contributed by atoms with Crippen molar-refractivity contribution < 1.29 is 32.6 Å². The van der Waals surface area contributed by atoms with Crippen LogP contribution in [0.15, 0.2) is 30.3 Å². The summed E-state index contributed by atoms with van der Waals surface area (Å²) in [6, 6.07) is 5.01. The predicted octanol–water partition coefficient (Wildman–Crippen LogP) is 2.11. The molecule has 2 aromatic carbocycles. The minimum absolute atomic E-state index is 0.0195. The smallest absolute Gasteiger partial charge is 0.319 e. The van der Waals surface area contributed by atoms with Gasteiger partial charge in [0.1, 0.15) is 23.4 Å². The van der Waals surface area contributed by atoms with Gasteiger partial charge in [-0.1, -0.05) is 0 Å². The average Bonchev–Trinajstić information content (AvgIpc) is 3.28. The Morgan fingerprint density at radius 1 is 1.17 bits per heavy atom. The molecule has 2 aromatic rings. The minimum Gasteiger partial charge on any atom is -0.497 e. The zero-order chi connectivity index (χ0) is 20.5. The molecule has 0 aliphatic carbocycles. The van der Waals surface area contributed by atoms with E-state index in [4.69, 9.17) is 14.2 Å². The molecule has 0 bridgehead atoms. The number of benzene rings is 2. The highest BCUT2D eigenvalue weighted by molar-refractivity contribution is 5.95. The molecule has 10 heteroatoms.